The number of halogens is 1. The molecule has 0 spiro atoms. The quantitative estimate of drug-likeness (QED) is 0.690. The van der Waals surface area contributed by atoms with Gasteiger partial charge in [-0.25, -0.2) is 0 Å². The first kappa shape index (κ1) is 21.1. The molecule has 2 saturated heterocycles. The number of carbonyl (C=O) groups excluding carboxylic acids is 2. The molecule has 2 fully saturated rings. The number of nitrogens with one attached hydrogen (secondary N) is 2. The van der Waals surface area contributed by atoms with Crippen LogP contribution in [0.3, 0.4) is 0 Å². The third kappa shape index (κ3) is 5.06. The first-order valence-corrected chi connectivity index (χ1v) is 9.43. The van der Waals surface area contributed by atoms with Crippen LogP contribution in [-0.2, 0) is 9.59 Å². The zero-order valence-corrected chi connectivity index (χ0v) is 16.6. The second-order valence-corrected chi connectivity index (χ2v) is 7.17. The largest absolute Gasteiger partial charge is 0.457 e. The lowest BCUT2D eigenvalue weighted by molar-refractivity contribution is -0.123. The summed E-state index contributed by atoms with van der Waals surface area (Å²) in [5, 5.41) is 15.4. The highest BCUT2D eigenvalue weighted by atomic mass is 35.5. The van der Waals surface area contributed by atoms with Crippen LogP contribution in [0.1, 0.15) is 12.8 Å². The molecule has 0 bridgehead atoms. The number of hydrogen-bond donors (Lipinski definition) is 3. The van der Waals surface area contributed by atoms with Crippen LogP contribution in [0, 0.1) is 0 Å². The number of para-hydroxylation sites is 1. The van der Waals surface area contributed by atoms with Crippen molar-refractivity contribution >= 4 is 29.9 Å². The van der Waals surface area contributed by atoms with Crippen LogP contribution in [0.25, 0.3) is 0 Å². The second-order valence-electron chi connectivity index (χ2n) is 7.17. The minimum absolute atomic E-state index is 0. The summed E-state index contributed by atoms with van der Waals surface area (Å²) in [6.07, 6.45) is 0.177. The zero-order chi connectivity index (χ0) is 19.5. The van der Waals surface area contributed by atoms with Gasteiger partial charge in [0.2, 0.25) is 11.8 Å². The molecule has 0 saturated carbocycles. The van der Waals surface area contributed by atoms with Crippen LogP contribution in [0.4, 0.5) is 5.69 Å². The van der Waals surface area contributed by atoms with Crippen molar-refractivity contribution in [3.05, 3.63) is 54.6 Å². The molecule has 8 heteroatoms. The van der Waals surface area contributed by atoms with E-state index in [9.17, 15) is 14.7 Å². The fourth-order valence-corrected chi connectivity index (χ4v) is 3.59. The van der Waals surface area contributed by atoms with Crippen LogP contribution in [0.2, 0.25) is 0 Å². The highest BCUT2D eigenvalue weighted by Gasteiger charge is 2.34. The number of amides is 2. The molecule has 0 aromatic heterocycles. The molecule has 4 rings (SSSR count). The van der Waals surface area contributed by atoms with E-state index in [0.29, 0.717) is 25.3 Å². The highest BCUT2D eigenvalue weighted by molar-refractivity contribution is 5.97. The van der Waals surface area contributed by atoms with E-state index in [4.69, 9.17) is 4.74 Å². The summed E-state index contributed by atoms with van der Waals surface area (Å²) >= 11 is 0. The number of hydrogen-bond acceptors (Lipinski definition) is 5. The molecule has 2 aromatic rings. The van der Waals surface area contributed by atoms with E-state index in [-0.39, 0.29) is 36.7 Å². The monoisotopic (exact) mass is 417 g/mol. The third-order valence-corrected chi connectivity index (χ3v) is 5.02. The summed E-state index contributed by atoms with van der Waals surface area (Å²) in [4.78, 5) is 26.4. The van der Waals surface area contributed by atoms with Crippen LogP contribution in [-0.4, -0.2) is 48.2 Å². The molecule has 0 aliphatic carbocycles. The topological polar surface area (TPSA) is 90.9 Å². The lowest BCUT2D eigenvalue weighted by Gasteiger charge is -2.19. The van der Waals surface area contributed by atoms with Crippen LogP contribution in [0.5, 0.6) is 11.5 Å². The van der Waals surface area contributed by atoms with Crippen molar-refractivity contribution < 1.29 is 19.4 Å². The summed E-state index contributed by atoms with van der Waals surface area (Å²) in [5.41, 5.74) is 0.775. The number of nitrogens with zero attached hydrogens (tertiary/aromatic N) is 1. The van der Waals surface area contributed by atoms with Gasteiger partial charge in [-0.1, -0.05) is 18.2 Å². The van der Waals surface area contributed by atoms with Gasteiger partial charge in [0.25, 0.3) is 0 Å². The minimum Gasteiger partial charge on any atom is -0.457 e. The van der Waals surface area contributed by atoms with Gasteiger partial charge in [0.1, 0.15) is 11.5 Å². The first-order chi connectivity index (χ1) is 13.6. The van der Waals surface area contributed by atoms with E-state index in [1.807, 2.05) is 54.6 Å². The highest BCUT2D eigenvalue weighted by Crippen LogP contribution is 2.27. The van der Waals surface area contributed by atoms with E-state index in [0.717, 1.165) is 11.4 Å². The molecule has 2 heterocycles. The average Bonchev–Trinajstić information content (AvgIpc) is 3.29. The normalized spacial score (nSPS) is 23.6. The van der Waals surface area contributed by atoms with Crippen LogP contribution < -0.4 is 20.3 Å². The molecule has 2 aromatic carbocycles. The fourth-order valence-electron chi connectivity index (χ4n) is 3.59. The van der Waals surface area contributed by atoms with E-state index < -0.39 is 12.1 Å². The SMILES string of the molecule is Cl.O=C(NC1CC(=O)N(c2ccc(Oc3ccccc3)cc2)C1)C1CC(O)CN1. The van der Waals surface area contributed by atoms with Gasteiger partial charge in [0.05, 0.1) is 18.2 Å². The Hall–Kier alpha value is -2.61. The number of anilines is 1. The predicted molar refractivity (Wildman–Crippen MR) is 112 cm³/mol. The Morgan fingerprint density at radius 2 is 1.79 bits per heavy atom. The second kappa shape index (κ2) is 9.26. The number of aliphatic hydroxyl groups is 1. The van der Waals surface area contributed by atoms with Crippen molar-refractivity contribution in [2.45, 2.75) is 31.0 Å². The van der Waals surface area contributed by atoms with E-state index in [1.54, 1.807) is 4.90 Å². The Morgan fingerprint density at radius 1 is 1.10 bits per heavy atom. The molecule has 29 heavy (non-hydrogen) atoms. The van der Waals surface area contributed by atoms with Gasteiger partial charge in [0.15, 0.2) is 0 Å². The average molecular weight is 418 g/mol. The number of benzene rings is 2. The maximum atomic E-state index is 12.4. The molecule has 7 nitrogen and oxygen atoms in total. The van der Waals surface area contributed by atoms with Gasteiger partial charge in [-0.2, -0.15) is 0 Å². The summed E-state index contributed by atoms with van der Waals surface area (Å²) in [6.45, 7) is 0.851. The summed E-state index contributed by atoms with van der Waals surface area (Å²) in [5.74, 6) is 1.25. The van der Waals surface area contributed by atoms with Crippen molar-refractivity contribution in [3.63, 3.8) is 0 Å². The van der Waals surface area contributed by atoms with Crippen molar-refractivity contribution in [1.29, 1.82) is 0 Å². The van der Waals surface area contributed by atoms with E-state index in [2.05, 4.69) is 10.6 Å². The Kier molecular flexibility index (Phi) is 6.74. The van der Waals surface area contributed by atoms with Gasteiger partial charge in [0, 0.05) is 25.2 Å². The summed E-state index contributed by atoms with van der Waals surface area (Å²) < 4.78 is 5.77. The first-order valence-electron chi connectivity index (χ1n) is 9.43. The molecule has 3 N–H and O–H groups in total. The van der Waals surface area contributed by atoms with Crippen molar-refractivity contribution in [1.82, 2.24) is 10.6 Å². The van der Waals surface area contributed by atoms with Gasteiger partial charge < -0.3 is 25.4 Å². The van der Waals surface area contributed by atoms with Gasteiger partial charge in [-0.3, -0.25) is 9.59 Å². The molecule has 154 valence electrons. The van der Waals surface area contributed by atoms with Crippen LogP contribution in [0.15, 0.2) is 54.6 Å². The molecule has 2 amide bonds. The van der Waals surface area contributed by atoms with Crippen molar-refractivity contribution in [2.24, 2.45) is 0 Å². The van der Waals surface area contributed by atoms with Crippen molar-refractivity contribution in [3.8, 4) is 11.5 Å². The Bertz CT molecular complexity index is 847. The Morgan fingerprint density at radius 3 is 2.45 bits per heavy atom. The standard InChI is InChI=1S/C21H23N3O4.ClH/c25-16-11-19(22-12-16)21(27)23-14-10-20(26)24(13-14)15-6-8-18(9-7-15)28-17-4-2-1-3-5-17;/h1-9,14,16,19,22,25H,10-13H2,(H,23,27);1H. The summed E-state index contributed by atoms with van der Waals surface area (Å²) in [7, 11) is 0. The molecular formula is C21H24ClN3O4. The van der Waals surface area contributed by atoms with Crippen molar-refractivity contribution in [2.75, 3.05) is 18.0 Å². The lowest BCUT2D eigenvalue weighted by atomic mass is 10.1. The van der Waals surface area contributed by atoms with Gasteiger partial charge in [-0.15, -0.1) is 12.4 Å². The number of ether oxygens (including phenoxy) is 1. The number of carbonyl (C=O) groups is 2. The zero-order valence-electron chi connectivity index (χ0n) is 15.8. The Balaban J connectivity index is 0.00000240. The maximum Gasteiger partial charge on any atom is 0.237 e. The molecular weight excluding hydrogens is 394 g/mol. The predicted octanol–water partition coefficient (Wildman–Crippen LogP) is 1.84. The number of aliphatic hydroxyl groups excluding tert-OH is 1. The van der Waals surface area contributed by atoms with Gasteiger partial charge >= 0.3 is 0 Å². The number of rotatable bonds is 5. The molecule has 2 aliphatic heterocycles. The Labute approximate surface area is 175 Å². The maximum absolute atomic E-state index is 12.4. The molecule has 2 aliphatic rings. The van der Waals surface area contributed by atoms with Crippen LogP contribution >= 0.6 is 12.4 Å². The molecule has 3 unspecified atom stereocenters. The molecule has 0 radical (unpaired) electrons. The van der Waals surface area contributed by atoms with E-state index in [1.165, 1.54) is 0 Å². The fraction of sp³-hybridized carbons (Fsp3) is 0.333. The lowest BCUT2D eigenvalue weighted by Crippen LogP contribution is -2.46. The third-order valence-electron chi connectivity index (χ3n) is 5.02. The van der Waals surface area contributed by atoms with Gasteiger partial charge in [-0.05, 0) is 42.8 Å². The number of β-amino-alcohol motifs (C(OH)–C–C–N with tert-alkyl or cyclic N) is 1. The summed E-state index contributed by atoms with van der Waals surface area (Å²) in [6, 6.07) is 16.2. The van der Waals surface area contributed by atoms with E-state index >= 15 is 0 Å². The minimum atomic E-state index is -0.492. The smallest absolute Gasteiger partial charge is 0.237 e. The molecule has 3 atom stereocenters.